The molecule has 0 spiro atoms. The summed E-state index contributed by atoms with van der Waals surface area (Å²) in [5.41, 5.74) is 0. The Morgan fingerprint density at radius 1 is 1.44 bits per heavy atom. The molecule has 0 fully saturated rings. The van der Waals surface area contributed by atoms with Crippen LogP contribution in [0, 0.1) is 0 Å². The number of aliphatic carboxylic acids is 1. The molecule has 0 unspecified atom stereocenters. The summed E-state index contributed by atoms with van der Waals surface area (Å²) >= 11 is 0. The third-order valence-electron chi connectivity index (χ3n) is 0.542. The van der Waals surface area contributed by atoms with E-state index in [1.807, 2.05) is 6.92 Å². The summed E-state index contributed by atoms with van der Waals surface area (Å²) in [5, 5.41) is 8.02. The van der Waals surface area contributed by atoms with E-state index in [0.29, 0.717) is 0 Å². The topological polar surface area (TPSA) is 37.3 Å². The summed E-state index contributed by atoms with van der Waals surface area (Å²) in [4.78, 5) is 9.75. The van der Waals surface area contributed by atoms with Crippen LogP contribution in [0.2, 0.25) is 0 Å². The van der Waals surface area contributed by atoms with Crippen molar-refractivity contribution in [2.45, 2.75) is 6.92 Å². The molecule has 1 N–H and O–H groups in total. The zero-order valence-corrected chi connectivity index (χ0v) is 6.22. The van der Waals surface area contributed by atoms with Crippen LogP contribution >= 0.6 is 0 Å². The van der Waals surface area contributed by atoms with Crippen LogP contribution in [0.3, 0.4) is 0 Å². The van der Waals surface area contributed by atoms with Gasteiger partial charge in [-0.05, 0) is 6.92 Å². The minimum absolute atomic E-state index is 0. The molecule has 0 aliphatic rings. The Morgan fingerprint density at radius 2 is 2.00 bits per heavy atom. The van der Waals surface area contributed by atoms with Crippen molar-refractivity contribution in [3.05, 3.63) is 24.3 Å². The monoisotopic (exact) mass is 167 g/mol. The van der Waals surface area contributed by atoms with Crippen LogP contribution in [-0.4, -0.2) is 11.1 Å². The van der Waals surface area contributed by atoms with Gasteiger partial charge in [-0.15, -0.1) is 0 Å². The Bertz CT molecular complexity index is 127. The zero-order valence-electron chi connectivity index (χ0n) is 5.04. The Balaban J connectivity index is 0. The largest absolute Gasteiger partial charge is 0.478 e. The van der Waals surface area contributed by atoms with Gasteiger partial charge in [0.1, 0.15) is 0 Å². The summed E-state index contributed by atoms with van der Waals surface area (Å²) < 4.78 is 0. The van der Waals surface area contributed by atoms with Gasteiger partial charge in [-0.25, -0.2) is 4.79 Å². The van der Waals surface area contributed by atoms with Crippen LogP contribution in [0.4, 0.5) is 0 Å². The van der Waals surface area contributed by atoms with Gasteiger partial charge in [-0.1, -0.05) is 18.2 Å². The van der Waals surface area contributed by atoms with Crippen molar-refractivity contribution in [2.24, 2.45) is 0 Å². The van der Waals surface area contributed by atoms with Crippen molar-refractivity contribution >= 4 is 5.97 Å². The van der Waals surface area contributed by atoms with Crippen LogP contribution in [0.5, 0.6) is 0 Å². The Labute approximate surface area is 64.7 Å². The third-order valence-corrected chi connectivity index (χ3v) is 0.542. The number of allylic oxidation sites excluding steroid dienone is 3. The fourth-order valence-corrected chi connectivity index (χ4v) is 0.249. The first-order valence-electron chi connectivity index (χ1n) is 2.29. The molecule has 0 aliphatic heterocycles. The molecule has 0 heterocycles. The molecule has 0 aromatic heterocycles. The number of carboxylic acids is 1. The van der Waals surface area contributed by atoms with Gasteiger partial charge in [0.15, 0.2) is 0 Å². The molecule has 3 heteroatoms. The second kappa shape index (κ2) is 7.47. The Morgan fingerprint density at radius 3 is 2.33 bits per heavy atom. The molecule has 0 bridgehead atoms. The van der Waals surface area contributed by atoms with E-state index in [9.17, 15) is 4.79 Å². The van der Waals surface area contributed by atoms with Gasteiger partial charge in [0.25, 0.3) is 0 Å². The van der Waals surface area contributed by atoms with Crippen LogP contribution < -0.4 is 0 Å². The fraction of sp³-hybridized carbons (Fsp3) is 0.167. The summed E-state index contributed by atoms with van der Waals surface area (Å²) in [5.74, 6) is -0.914. The standard InChI is InChI=1S/C6H8O2.Mn/c1-2-3-4-5-6(7)8;/h2-5H,1H3,(H,7,8);/b3-2+,5-4+;. The smallest absolute Gasteiger partial charge is 0.328 e. The van der Waals surface area contributed by atoms with Crippen LogP contribution in [0.25, 0.3) is 0 Å². The SMILES string of the molecule is C/C=C/C=C/C(=O)O.[Mn]. The van der Waals surface area contributed by atoms with Crippen molar-refractivity contribution in [1.82, 2.24) is 0 Å². The summed E-state index contributed by atoms with van der Waals surface area (Å²) in [6.07, 6.45) is 5.98. The average molecular weight is 167 g/mol. The van der Waals surface area contributed by atoms with Crippen LogP contribution in [-0.2, 0) is 21.9 Å². The summed E-state index contributed by atoms with van der Waals surface area (Å²) in [6.45, 7) is 1.83. The quantitative estimate of drug-likeness (QED) is 0.381. The van der Waals surface area contributed by atoms with E-state index in [1.54, 1.807) is 12.2 Å². The first kappa shape index (κ1) is 11.3. The van der Waals surface area contributed by atoms with E-state index in [4.69, 9.17) is 5.11 Å². The van der Waals surface area contributed by atoms with E-state index in [1.165, 1.54) is 6.08 Å². The Kier molecular flexibility index (Phi) is 9.37. The summed E-state index contributed by atoms with van der Waals surface area (Å²) in [7, 11) is 0. The molecule has 0 amide bonds. The molecule has 0 saturated heterocycles. The maximum atomic E-state index is 9.75. The molecule has 0 saturated carbocycles. The van der Waals surface area contributed by atoms with E-state index < -0.39 is 5.97 Å². The predicted molar refractivity (Wildman–Crippen MR) is 31.6 cm³/mol. The van der Waals surface area contributed by atoms with Crippen LogP contribution in [0.1, 0.15) is 6.92 Å². The van der Waals surface area contributed by atoms with Gasteiger partial charge in [0, 0.05) is 23.1 Å². The molecular formula is C6H8MnO2. The second-order valence-corrected chi connectivity index (χ2v) is 1.22. The maximum absolute atomic E-state index is 9.75. The van der Waals surface area contributed by atoms with E-state index in [-0.39, 0.29) is 17.1 Å². The molecular weight excluding hydrogens is 159 g/mol. The van der Waals surface area contributed by atoms with Crippen molar-refractivity contribution < 1.29 is 27.0 Å². The molecule has 0 aromatic rings. The second-order valence-electron chi connectivity index (χ2n) is 1.22. The minimum atomic E-state index is -0.914. The van der Waals surface area contributed by atoms with Crippen molar-refractivity contribution in [3.63, 3.8) is 0 Å². The van der Waals surface area contributed by atoms with Gasteiger partial charge < -0.3 is 5.11 Å². The first-order chi connectivity index (χ1) is 3.77. The predicted octanol–water partition coefficient (Wildman–Crippen LogP) is 1.20. The van der Waals surface area contributed by atoms with E-state index in [0.717, 1.165) is 6.08 Å². The first-order valence-corrected chi connectivity index (χ1v) is 2.29. The normalized spacial score (nSPS) is 9.89. The Hall–Kier alpha value is -0.531. The molecule has 0 rings (SSSR count). The van der Waals surface area contributed by atoms with Gasteiger partial charge >= 0.3 is 5.97 Å². The number of carbonyl (C=O) groups is 1. The van der Waals surface area contributed by atoms with E-state index >= 15 is 0 Å². The molecule has 51 valence electrons. The zero-order chi connectivity index (χ0) is 6.41. The fourth-order valence-electron chi connectivity index (χ4n) is 0.249. The number of rotatable bonds is 2. The number of hydrogen-bond acceptors (Lipinski definition) is 1. The van der Waals surface area contributed by atoms with E-state index in [2.05, 4.69) is 0 Å². The molecule has 0 aromatic carbocycles. The van der Waals surface area contributed by atoms with Gasteiger partial charge in [0.05, 0.1) is 0 Å². The third kappa shape index (κ3) is 11.2. The molecule has 0 atom stereocenters. The van der Waals surface area contributed by atoms with Gasteiger partial charge in [-0.2, -0.15) is 0 Å². The maximum Gasteiger partial charge on any atom is 0.328 e. The van der Waals surface area contributed by atoms with Crippen LogP contribution in [0.15, 0.2) is 24.3 Å². The molecule has 0 aliphatic carbocycles. The van der Waals surface area contributed by atoms with Gasteiger partial charge in [-0.3, -0.25) is 0 Å². The van der Waals surface area contributed by atoms with Crippen molar-refractivity contribution in [2.75, 3.05) is 0 Å². The summed E-state index contributed by atoms with van der Waals surface area (Å²) in [6, 6.07) is 0. The molecule has 2 nitrogen and oxygen atoms in total. The van der Waals surface area contributed by atoms with Gasteiger partial charge in [0.2, 0.25) is 0 Å². The van der Waals surface area contributed by atoms with Crippen molar-refractivity contribution in [1.29, 1.82) is 0 Å². The number of hydrogen-bond donors (Lipinski definition) is 1. The molecule has 9 heavy (non-hydrogen) atoms. The van der Waals surface area contributed by atoms with Crippen molar-refractivity contribution in [3.8, 4) is 0 Å². The molecule has 1 radical (unpaired) electrons. The average Bonchev–Trinajstić information content (AvgIpc) is 1.66. The number of carboxylic acid groups (broad SMARTS) is 1. The minimum Gasteiger partial charge on any atom is -0.478 e.